The Balaban J connectivity index is 1.55. The molecular weight excluding hydrogens is 262 g/mol. The van der Waals surface area contributed by atoms with Crippen LogP contribution < -0.4 is 0 Å². The topological polar surface area (TPSA) is 30.3 Å². The van der Waals surface area contributed by atoms with Gasteiger partial charge in [0.05, 0.1) is 24.0 Å². The fourth-order valence-electron chi connectivity index (χ4n) is 3.37. The number of nitrogens with zero attached hydrogens (tertiary/aromatic N) is 3. The number of hydrogen-bond acceptors (Lipinski definition) is 3. The van der Waals surface area contributed by atoms with Gasteiger partial charge in [0.2, 0.25) is 0 Å². The lowest BCUT2D eigenvalue weighted by atomic mass is 10.0. The summed E-state index contributed by atoms with van der Waals surface area (Å²) in [5.74, 6) is 0. The van der Waals surface area contributed by atoms with E-state index in [1.54, 1.807) is 0 Å². The number of aryl methyl sites for hydroxylation is 1. The molecule has 0 amide bonds. The summed E-state index contributed by atoms with van der Waals surface area (Å²) in [4.78, 5) is 7.06. The largest absolute Gasteiger partial charge is 0.383 e. The van der Waals surface area contributed by atoms with Gasteiger partial charge in [0.1, 0.15) is 0 Å². The summed E-state index contributed by atoms with van der Waals surface area (Å²) in [7, 11) is 1.81. The number of imidazole rings is 1. The third kappa shape index (κ3) is 3.44. The van der Waals surface area contributed by atoms with E-state index in [0.29, 0.717) is 6.04 Å². The summed E-state index contributed by atoms with van der Waals surface area (Å²) in [5.41, 5.74) is 2.33. The molecule has 2 aromatic rings. The third-order valence-electron chi connectivity index (χ3n) is 4.48. The molecule has 0 aliphatic carbocycles. The fraction of sp³-hybridized carbons (Fsp3) is 0.588. The predicted molar refractivity (Wildman–Crippen MR) is 85.4 cm³/mol. The van der Waals surface area contributed by atoms with Gasteiger partial charge in [-0.05, 0) is 37.9 Å². The maximum Gasteiger partial charge on any atom is 0.0958 e. The zero-order valence-electron chi connectivity index (χ0n) is 12.9. The summed E-state index contributed by atoms with van der Waals surface area (Å²) in [6.07, 6.45) is 7.08. The number of rotatable bonds is 6. The Bertz CT molecular complexity index is 564. The van der Waals surface area contributed by atoms with Crippen molar-refractivity contribution in [3.63, 3.8) is 0 Å². The number of fused-ring (bicyclic) bond motifs is 1. The van der Waals surface area contributed by atoms with E-state index in [-0.39, 0.29) is 0 Å². The van der Waals surface area contributed by atoms with E-state index in [1.165, 1.54) is 37.7 Å². The molecule has 1 aliphatic rings. The number of methoxy groups -OCH3 is 1. The molecule has 3 rings (SSSR count). The average molecular weight is 287 g/mol. The molecule has 2 heterocycles. The minimum Gasteiger partial charge on any atom is -0.383 e. The van der Waals surface area contributed by atoms with Crippen LogP contribution in [0.15, 0.2) is 30.6 Å². The van der Waals surface area contributed by atoms with E-state index >= 15 is 0 Å². The Labute approximate surface area is 126 Å². The quantitative estimate of drug-likeness (QED) is 0.818. The molecule has 4 heteroatoms. The van der Waals surface area contributed by atoms with Gasteiger partial charge in [0.25, 0.3) is 0 Å². The number of hydrogen-bond donors (Lipinski definition) is 0. The first-order chi connectivity index (χ1) is 10.4. The summed E-state index contributed by atoms with van der Waals surface area (Å²) in [5, 5.41) is 0. The molecule has 1 aromatic carbocycles. The first-order valence-corrected chi connectivity index (χ1v) is 8.01. The zero-order chi connectivity index (χ0) is 14.5. The Morgan fingerprint density at radius 1 is 1.24 bits per heavy atom. The number of ether oxygens (including phenoxy) is 1. The van der Waals surface area contributed by atoms with E-state index < -0.39 is 0 Å². The van der Waals surface area contributed by atoms with Gasteiger partial charge >= 0.3 is 0 Å². The molecule has 21 heavy (non-hydrogen) atoms. The normalized spacial score (nSPS) is 20.1. The van der Waals surface area contributed by atoms with Gasteiger partial charge in [-0.15, -0.1) is 0 Å². The van der Waals surface area contributed by atoms with Crippen LogP contribution in [0.2, 0.25) is 0 Å². The van der Waals surface area contributed by atoms with Crippen molar-refractivity contribution in [1.82, 2.24) is 14.5 Å². The molecule has 0 N–H and O–H groups in total. The van der Waals surface area contributed by atoms with Crippen molar-refractivity contribution < 1.29 is 4.74 Å². The van der Waals surface area contributed by atoms with Gasteiger partial charge < -0.3 is 9.30 Å². The second kappa shape index (κ2) is 7.05. The minimum atomic E-state index is 0.614. The van der Waals surface area contributed by atoms with Crippen LogP contribution in [0.5, 0.6) is 0 Å². The Morgan fingerprint density at radius 2 is 2.14 bits per heavy atom. The molecule has 0 bridgehead atoms. The molecule has 1 saturated heterocycles. The Hall–Kier alpha value is -1.39. The molecule has 114 valence electrons. The smallest absolute Gasteiger partial charge is 0.0958 e. The van der Waals surface area contributed by atoms with Gasteiger partial charge in [0.15, 0.2) is 0 Å². The molecule has 1 aromatic heterocycles. The van der Waals surface area contributed by atoms with Gasteiger partial charge in [-0.1, -0.05) is 18.6 Å². The fourth-order valence-corrected chi connectivity index (χ4v) is 3.37. The van der Waals surface area contributed by atoms with Crippen LogP contribution in [0, 0.1) is 0 Å². The zero-order valence-corrected chi connectivity index (χ0v) is 12.9. The summed E-state index contributed by atoms with van der Waals surface area (Å²) < 4.78 is 7.63. The van der Waals surface area contributed by atoms with Gasteiger partial charge in [-0.3, -0.25) is 4.90 Å². The minimum absolute atomic E-state index is 0.614. The molecule has 0 spiro atoms. The van der Waals surface area contributed by atoms with Gasteiger partial charge in [0, 0.05) is 26.2 Å². The number of piperidine rings is 1. The third-order valence-corrected chi connectivity index (χ3v) is 4.48. The van der Waals surface area contributed by atoms with Gasteiger partial charge in [-0.25, -0.2) is 4.98 Å². The first kappa shape index (κ1) is 14.5. The Kier molecular flexibility index (Phi) is 4.88. The Morgan fingerprint density at radius 3 is 3.05 bits per heavy atom. The monoisotopic (exact) mass is 287 g/mol. The highest BCUT2D eigenvalue weighted by atomic mass is 16.5. The molecule has 1 unspecified atom stereocenters. The highest BCUT2D eigenvalue weighted by Gasteiger charge is 2.21. The second-order valence-corrected chi connectivity index (χ2v) is 5.92. The van der Waals surface area contributed by atoms with Crippen molar-refractivity contribution >= 4 is 11.0 Å². The number of para-hydroxylation sites is 2. The van der Waals surface area contributed by atoms with Crippen molar-refractivity contribution in [1.29, 1.82) is 0 Å². The van der Waals surface area contributed by atoms with Crippen molar-refractivity contribution in [2.24, 2.45) is 0 Å². The van der Waals surface area contributed by atoms with Crippen LogP contribution in [-0.4, -0.2) is 47.3 Å². The summed E-state index contributed by atoms with van der Waals surface area (Å²) in [6, 6.07) is 8.97. The van der Waals surface area contributed by atoms with E-state index in [9.17, 15) is 0 Å². The average Bonchev–Trinajstić information content (AvgIpc) is 2.93. The van der Waals surface area contributed by atoms with Crippen molar-refractivity contribution in [3.8, 4) is 0 Å². The van der Waals surface area contributed by atoms with E-state index in [2.05, 4.69) is 32.7 Å². The van der Waals surface area contributed by atoms with E-state index in [0.717, 1.165) is 25.2 Å². The molecule has 0 radical (unpaired) electrons. The molecular formula is C17H25N3O. The SMILES string of the molecule is COCC1CCCCN1CCCn1cnc2ccccc21. The van der Waals surface area contributed by atoms with Crippen LogP contribution in [-0.2, 0) is 11.3 Å². The first-order valence-electron chi connectivity index (χ1n) is 8.01. The molecule has 0 saturated carbocycles. The number of benzene rings is 1. The lowest BCUT2D eigenvalue weighted by Crippen LogP contribution is -2.42. The maximum atomic E-state index is 5.36. The molecule has 1 fully saturated rings. The van der Waals surface area contributed by atoms with E-state index in [1.807, 2.05) is 19.5 Å². The standard InChI is InChI=1S/C17H25N3O/c1-21-13-15-7-4-5-10-19(15)11-6-12-20-14-18-16-8-2-3-9-17(16)20/h2-3,8-9,14-15H,4-7,10-13H2,1H3. The van der Waals surface area contributed by atoms with Crippen LogP contribution >= 0.6 is 0 Å². The molecule has 1 aliphatic heterocycles. The molecule has 1 atom stereocenters. The van der Waals surface area contributed by atoms with Crippen molar-refractivity contribution in [3.05, 3.63) is 30.6 Å². The van der Waals surface area contributed by atoms with Crippen molar-refractivity contribution in [2.75, 3.05) is 26.8 Å². The summed E-state index contributed by atoms with van der Waals surface area (Å²) >= 11 is 0. The van der Waals surface area contributed by atoms with Crippen LogP contribution in [0.1, 0.15) is 25.7 Å². The van der Waals surface area contributed by atoms with Crippen molar-refractivity contribution in [2.45, 2.75) is 38.3 Å². The second-order valence-electron chi connectivity index (χ2n) is 5.92. The summed E-state index contributed by atoms with van der Waals surface area (Å²) in [6.45, 7) is 4.28. The lowest BCUT2D eigenvalue weighted by molar-refractivity contribution is 0.0636. The molecule has 4 nitrogen and oxygen atoms in total. The maximum absolute atomic E-state index is 5.36. The van der Waals surface area contributed by atoms with Crippen LogP contribution in [0.25, 0.3) is 11.0 Å². The number of aromatic nitrogens is 2. The lowest BCUT2D eigenvalue weighted by Gasteiger charge is -2.35. The van der Waals surface area contributed by atoms with E-state index in [4.69, 9.17) is 4.74 Å². The van der Waals surface area contributed by atoms with Gasteiger partial charge in [-0.2, -0.15) is 0 Å². The predicted octanol–water partition coefficient (Wildman–Crippen LogP) is 2.93. The highest BCUT2D eigenvalue weighted by molar-refractivity contribution is 5.74. The van der Waals surface area contributed by atoms with Crippen LogP contribution in [0.3, 0.4) is 0 Å². The highest BCUT2D eigenvalue weighted by Crippen LogP contribution is 2.18. The number of likely N-dealkylation sites (tertiary alicyclic amines) is 1. The van der Waals surface area contributed by atoms with Crippen LogP contribution in [0.4, 0.5) is 0 Å².